The van der Waals surface area contributed by atoms with Crippen LogP contribution in [0.1, 0.15) is 0 Å². The van der Waals surface area contributed by atoms with E-state index in [9.17, 15) is 26.9 Å². The van der Waals surface area contributed by atoms with Gasteiger partial charge in [-0.3, -0.25) is 10.1 Å². The maximum atomic E-state index is 12.8. The van der Waals surface area contributed by atoms with E-state index in [1.54, 1.807) is 11.4 Å². The molecule has 0 spiro atoms. The van der Waals surface area contributed by atoms with Crippen molar-refractivity contribution in [2.45, 2.75) is 9.10 Å². The van der Waals surface area contributed by atoms with Crippen molar-refractivity contribution in [3.05, 3.63) is 51.9 Å². The number of rotatable bonds is 5. The Morgan fingerprint density at radius 1 is 0.885 bits per heavy atom. The molecule has 26 heavy (non-hydrogen) atoms. The second-order valence-electron chi connectivity index (χ2n) is 5.47. The van der Waals surface area contributed by atoms with Crippen LogP contribution >= 0.6 is 11.3 Å². The van der Waals surface area contributed by atoms with Crippen LogP contribution in [0.5, 0.6) is 0 Å². The molecule has 1 fully saturated rings. The van der Waals surface area contributed by atoms with E-state index in [1.807, 2.05) is 0 Å². The van der Waals surface area contributed by atoms with Gasteiger partial charge in [-0.2, -0.15) is 8.61 Å². The van der Waals surface area contributed by atoms with E-state index in [4.69, 9.17) is 0 Å². The maximum absolute atomic E-state index is 12.8. The van der Waals surface area contributed by atoms with E-state index in [0.29, 0.717) is 0 Å². The predicted octanol–water partition coefficient (Wildman–Crippen LogP) is 1.35. The van der Waals surface area contributed by atoms with Gasteiger partial charge in [0.15, 0.2) is 4.90 Å². The molecule has 0 unspecified atom stereocenters. The molecule has 2 heterocycles. The number of nitro groups is 1. The van der Waals surface area contributed by atoms with Crippen molar-refractivity contribution in [2.75, 3.05) is 26.2 Å². The zero-order chi connectivity index (χ0) is 18.9. The van der Waals surface area contributed by atoms with Gasteiger partial charge in [0.25, 0.3) is 15.7 Å². The average molecular weight is 417 g/mol. The van der Waals surface area contributed by atoms with Crippen molar-refractivity contribution in [1.82, 2.24) is 8.61 Å². The number of hydrogen-bond acceptors (Lipinski definition) is 7. The van der Waals surface area contributed by atoms with Gasteiger partial charge < -0.3 is 0 Å². The lowest BCUT2D eigenvalue weighted by Gasteiger charge is -2.32. The van der Waals surface area contributed by atoms with Crippen LogP contribution in [0, 0.1) is 10.1 Å². The Labute approximate surface area is 154 Å². The van der Waals surface area contributed by atoms with Gasteiger partial charge >= 0.3 is 0 Å². The molecule has 9 nitrogen and oxygen atoms in total. The van der Waals surface area contributed by atoms with Crippen molar-refractivity contribution in [3.63, 3.8) is 0 Å². The summed E-state index contributed by atoms with van der Waals surface area (Å²) < 4.78 is 53.0. The third kappa shape index (κ3) is 3.38. The number of hydrogen-bond donors (Lipinski definition) is 0. The average Bonchev–Trinajstić information content (AvgIpc) is 3.17. The lowest BCUT2D eigenvalue weighted by atomic mass is 10.3. The molecule has 1 aromatic carbocycles. The van der Waals surface area contributed by atoms with Crippen LogP contribution in [0.25, 0.3) is 0 Å². The fraction of sp³-hybridized carbons (Fsp3) is 0.286. The van der Waals surface area contributed by atoms with Crippen LogP contribution in [-0.4, -0.2) is 56.5 Å². The molecule has 1 aliphatic heterocycles. The van der Waals surface area contributed by atoms with Gasteiger partial charge in [-0.15, -0.1) is 11.3 Å². The first kappa shape index (κ1) is 18.9. The summed E-state index contributed by atoms with van der Waals surface area (Å²) in [7, 11) is -7.74. The molecule has 1 saturated heterocycles. The third-order valence-electron chi connectivity index (χ3n) is 3.97. The van der Waals surface area contributed by atoms with Crippen molar-refractivity contribution in [2.24, 2.45) is 0 Å². The maximum Gasteiger partial charge on any atom is 0.289 e. The number of benzene rings is 1. The first-order valence-corrected chi connectivity index (χ1v) is 11.3. The molecule has 2 aromatic rings. The molecule has 140 valence electrons. The summed E-state index contributed by atoms with van der Waals surface area (Å²) in [5.74, 6) is 0. The second-order valence-corrected chi connectivity index (χ2v) is 10.5. The standard InChI is InChI=1S/C14H15N3O6S3/c18-17(19)12-4-1-2-5-13(12)25(20,21)15-7-9-16(10-8-15)26(22,23)14-6-3-11-24-14/h1-6,11H,7-10H2. The van der Waals surface area contributed by atoms with Crippen LogP contribution < -0.4 is 0 Å². The highest BCUT2D eigenvalue weighted by Crippen LogP contribution is 2.28. The summed E-state index contributed by atoms with van der Waals surface area (Å²) in [6.07, 6.45) is 0. The van der Waals surface area contributed by atoms with Crippen LogP contribution in [0.15, 0.2) is 50.9 Å². The monoisotopic (exact) mass is 417 g/mol. The van der Waals surface area contributed by atoms with Crippen molar-refractivity contribution < 1.29 is 21.8 Å². The molecule has 1 aliphatic rings. The molecule has 1 aromatic heterocycles. The van der Waals surface area contributed by atoms with E-state index in [0.717, 1.165) is 21.7 Å². The minimum atomic E-state index is -4.09. The quantitative estimate of drug-likeness (QED) is 0.535. The van der Waals surface area contributed by atoms with Gasteiger partial charge in [-0.1, -0.05) is 18.2 Å². The Morgan fingerprint density at radius 3 is 2.00 bits per heavy atom. The van der Waals surface area contributed by atoms with E-state index in [2.05, 4.69) is 0 Å². The SMILES string of the molecule is O=[N+]([O-])c1ccccc1S(=O)(=O)N1CCN(S(=O)(=O)c2cccs2)CC1. The minimum Gasteiger partial charge on any atom is -0.258 e. The van der Waals surface area contributed by atoms with Gasteiger partial charge in [0.05, 0.1) is 4.92 Å². The first-order chi connectivity index (χ1) is 12.2. The van der Waals surface area contributed by atoms with Gasteiger partial charge in [0.2, 0.25) is 10.0 Å². The van der Waals surface area contributed by atoms with Crippen molar-refractivity contribution >= 4 is 37.1 Å². The molecule has 0 atom stereocenters. The summed E-state index contributed by atoms with van der Waals surface area (Å²) in [6, 6.07) is 8.25. The fourth-order valence-electron chi connectivity index (χ4n) is 2.65. The Hall–Kier alpha value is -1.86. The van der Waals surface area contributed by atoms with Gasteiger partial charge in [-0.25, -0.2) is 16.8 Å². The van der Waals surface area contributed by atoms with E-state index in [-0.39, 0.29) is 35.3 Å². The van der Waals surface area contributed by atoms with Crippen LogP contribution in [0.4, 0.5) is 5.69 Å². The summed E-state index contributed by atoms with van der Waals surface area (Å²) >= 11 is 1.10. The van der Waals surface area contributed by atoms with E-state index in [1.165, 1.54) is 28.6 Å². The summed E-state index contributed by atoms with van der Waals surface area (Å²) in [4.78, 5) is 9.97. The molecule has 3 rings (SSSR count). The van der Waals surface area contributed by atoms with E-state index < -0.39 is 30.7 Å². The second kappa shape index (κ2) is 7.04. The molecule has 0 radical (unpaired) electrons. The van der Waals surface area contributed by atoms with Crippen molar-refractivity contribution in [3.8, 4) is 0 Å². The molecular formula is C14H15N3O6S3. The van der Waals surface area contributed by atoms with Crippen LogP contribution in [0.3, 0.4) is 0 Å². The summed E-state index contributed by atoms with van der Waals surface area (Å²) in [6.45, 7) is -0.168. The Kier molecular flexibility index (Phi) is 5.12. The molecule has 0 N–H and O–H groups in total. The van der Waals surface area contributed by atoms with Crippen LogP contribution in [0.2, 0.25) is 0 Å². The molecule has 0 bridgehead atoms. The number of nitrogens with zero attached hydrogens (tertiary/aromatic N) is 3. The largest absolute Gasteiger partial charge is 0.289 e. The van der Waals surface area contributed by atoms with Gasteiger partial charge in [0.1, 0.15) is 4.21 Å². The summed E-state index contributed by atoms with van der Waals surface area (Å²) in [5, 5.41) is 12.8. The number of thiophene rings is 1. The highest BCUT2D eigenvalue weighted by atomic mass is 32.2. The zero-order valence-electron chi connectivity index (χ0n) is 13.4. The third-order valence-corrected chi connectivity index (χ3v) is 9.18. The fourth-order valence-corrected chi connectivity index (χ4v) is 6.80. The zero-order valence-corrected chi connectivity index (χ0v) is 15.8. The Morgan fingerprint density at radius 2 is 1.46 bits per heavy atom. The summed E-state index contributed by atoms with van der Waals surface area (Å²) in [5.41, 5.74) is -0.499. The normalized spacial score (nSPS) is 17.2. The Balaban J connectivity index is 1.81. The first-order valence-electron chi connectivity index (χ1n) is 7.52. The minimum absolute atomic E-state index is 0.0138. The molecule has 0 aliphatic carbocycles. The topological polar surface area (TPSA) is 118 Å². The predicted molar refractivity (Wildman–Crippen MR) is 94.9 cm³/mol. The lowest BCUT2D eigenvalue weighted by molar-refractivity contribution is -0.387. The molecular weight excluding hydrogens is 402 g/mol. The van der Waals surface area contributed by atoms with Crippen molar-refractivity contribution in [1.29, 1.82) is 0 Å². The number of nitro benzene ring substituents is 1. The Bertz CT molecular complexity index is 1010. The lowest BCUT2D eigenvalue weighted by Crippen LogP contribution is -2.50. The number of piperazine rings is 1. The molecule has 0 saturated carbocycles. The highest BCUT2D eigenvalue weighted by molar-refractivity contribution is 7.91. The molecule has 12 heteroatoms. The van der Waals surface area contributed by atoms with Crippen LogP contribution in [-0.2, 0) is 20.0 Å². The molecule has 0 amide bonds. The number of para-hydroxylation sites is 1. The highest BCUT2D eigenvalue weighted by Gasteiger charge is 2.36. The van der Waals surface area contributed by atoms with E-state index >= 15 is 0 Å². The number of sulfonamides is 2. The van der Waals surface area contributed by atoms with Gasteiger partial charge in [-0.05, 0) is 17.5 Å². The smallest absolute Gasteiger partial charge is 0.258 e. The van der Waals surface area contributed by atoms with Gasteiger partial charge in [0, 0.05) is 32.2 Å².